The van der Waals surface area contributed by atoms with E-state index in [0.717, 1.165) is 17.4 Å². The van der Waals surface area contributed by atoms with Crippen LogP contribution in [0.5, 0.6) is 57.5 Å². The van der Waals surface area contributed by atoms with E-state index in [1.165, 1.54) is 123 Å². The van der Waals surface area contributed by atoms with Gasteiger partial charge in [0.05, 0.1) is 75.2 Å². The molecule has 642 valence electrons. The summed E-state index contributed by atoms with van der Waals surface area (Å²) in [6.45, 7) is -10.5. The fraction of sp³-hybridized carbons (Fsp3) is 0.639. The molecule has 117 heavy (non-hydrogen) atoms. The molecule has 0 aromatic heterocycles. The number of hydrogen-bond acceptors (Lipinski definition) is 20. The molecule has 10 heterocycles. The largest absolute Gasteiger partial charge is 0.493 e. The van der Waals surface area contributed by atoms with Crippen molar-refractivity contribution in [3.63, 3.8) is 0 Å². The van der Waals surface area contributed by atoms with Crippen molar-refractivity contribution in [3.05, 3.63) is 116 Å². The Balaban J connectivity index is 0.000000190. The fourth-order valence-electron chi connectivity index (χ4n) is 15.1. The predicted octanol–water partition coefficient (Wildman–Crippen LogP) is 17.0. The van der Waals surface area contributed by atoms with Crippen molar-refractivity contribution in [1.29, 1.82) is 0 Å². The number of hydrogen-bond donors (Lipinski definition) is 0. The summed E-state index contributed by atoms with van der Waals surface area (Å²) < 4.78 is 426. The summed E-state index contributed by atoms with van der Waals surface area (Å²) in [4.78, 5) is 71.2. The molecule has 15 rings (SSSR count). The smallest absolute Gasteiger partial charge is 0.161 e. The van der Waals surface area contributed by atoms with E-state index in [-0.39, 0.29) is 142 Å². The molecule has 5 aromatic rings. The zero-order valence-corrected chi connectivity index (χ0v) is 69.7. The molecule has 12 atom stereocenters. The van der Waals surface area contributed by atoms with Gasteiger partial charge in [-0.3, -0.25) is 48.5 Å². The lowest BCUT2D eigenvalue weighted by molar-refractivity contribution is -0.130. The number of methoxy groups -OCH3 is 10. The van der Waals surface area contributed by atoms with Crippen LogP contribution in [-0.4, -0.2) is 190 Å². The molecule has 0 spiro atoms. The summed E-state index contributed by atoms with van der Waals surface area (Å²) in [6, 6.07) is 4.75. The molecule has 12 unspecified atom stereocenters. The summed E-state index contributed by atoms with van der Waals surface area (Å²) in [5, 5.41) is 0. The topological polar surface area (TPSA) is 194 Å². The van der Waals surface area contributed by atoms with E-state index in [4.69, 9.17) is 108 Å². The number of fused-ring (bicyclic) bond motifs is 15. The SMILES string of the molecule is [2H]C1(CC(C)C)CN2C([2H])([2H])C([2H])([2H])c3cc(OC)c(OC)cc3C2([2H])C([2H])([2H])C1=O.[2H]C1([2H])C(=O)C([2H])(C([2H])([2H])C([2H])(C([2H])([2H])[2H])C([2H])([2H])C)C([2H])([2H])N2CCc3cc(OC)c(OC)cc3C21.[2H]C1([2H])C(=O)C([2H])(CC(C)C)C([2H])([2H])N2CCc3cc(OC)c(OC)cc3C21.[2H]C12CC(=O)C(C([2H])([2H])C([2H])(C([2H])([2H])[2H])C([2H])([2H])C)CN1C([2H])([2H])C([2H])([2H])c1cc(OC)c(OC)cc12.[2H]C12CC(=O)C(CC(C)C)CN1C([2H])([2H])C([2H])([2H])c1cc(OC)c(OC)cc12. The maximum atomic E-state index is 13.8. The van der Waals surface area contributed by atoms with E-state index in [1.54, 1.807) is 32.0 Å². The first-order valence-corrected chi connectivity index (χ1v) is 38.7. The van der Waals surface area contributed by atoms with Gasteiger partial charge in [-0.15, -0.1) is 0 Å². The van der Waals surface area contributed by atoms with Gasteiger partial charge in [0.1, 0.15) is 28.9 Å². The van der Waals surface area contributed by atoms with E-state index in [1.807, 2.05) is 27.7 Å². The Labute approximate surface area is 761 Å². The molecule has 5 saturated heterocycles. The molecule has 0 radical (unpaired) electrons. The molecule has 20 nitrogen and oxygen atoms in total. The molecule has 20 heteroatoms. The third-order valence-electron chi connectivity index (χ3n) is 21.0. The quantitative estimate of drug-likeness (QED) is 0.0634. The predicted molar refractivity (Wildman–Crippen MR) is 460 cm³/mol. The second kappa shape index (κ2) is 41.0. The molecule has 0 N–H and O–H groups in total. The lowest BCUT2D eigenvalue weighted by Gasteiger charge is -2.43. The minimum absolute atomic E-state index is 0.0147. The minimum Gasteiger partial charge on any atom is -0.493 e. The lowest BCUT2D eigenvalue weighted by Crippen LogP contribution is -2.46. The van der Waals surface area contributed by atoms with Gasteiger partial charge in [0, 0.05) is 213 Å². The number of ether oxygens (including phenoxy) is 10. The number of ketones is 5. The van der Waals surface area contributed by atoms with Crippen LogP contribution in [0.15, 0.2) is 60.7 Å². The fourth-order valence-corrected chi connectivity index (χ4v) is 15.1. The number of piperidine rings is 5. The molecular weight excluding hydrogens is 1480 g/mol. The van der Waals surface area contributed by atoms with Crippen molar-refractivity contribution in [2.24, 2.45) is 59.1 Å². The highest BCUT2D eigenvalue weighted by Crippen LogP contribution is 2.49. The molecule has 0 amide bonds. The van der Waals surface area contributed by atoms with E-state index in [0.29, 0.717) is 63.7 Å². The van der Waals surface area contributed by atoms with Gasteiger partial charge in [-0.05, 0) is 210 Å². The van der Waals surface area contributed by atoms with Crippen LogP contribution in [0.1, 0.15) is 292 Å². The third kappa shape index (κ3) is 21.0. The van der Waals surface area contributed by atoms with Crippen molar-refractivity contribution < 1.29 is 132 Å². The number of nitrogens with zero attached hydrogens (tertiary/aromatic N) is 5. The van der Waals surface area contributed by atoms with Crippen LogP contribution in [0.4, 0.5) is 0 Å². The Kier molecular flexibility index (Phi) is 16.8. The van der Waals surface area contributed by atoms with Crippen LogP contribution in [0.3, 0.4) is 0 Å². The van der Waals surface area contributed by atoms with Gasteiger partial charge in [0.15, 0.2) is 57.5 Å². The van der Waals surface area contributed by atoms with E-state index < -0.39 is 224 Å². The molecular formula is C97H139N5O15. The van der Waals surface area contributed by atoms with Gasteiger partial charge >= 0.3 is 0 Å². The summed E-state index contributed by atoms with van der Waals surface area (Å²) in [5.41, 5.74) is 1.34. The first-order valence-electron chi connectivity index (χ1n) is 60.7. The molecule has 5 fully saturated rings. The number of carbonyl (C=O) groups excluding carboxylic acids is 5. The Bertz CT molecular complexity index is 6430. The monoisotopic (exact) mass is 1660 g/mol. The molecule has 0 bridgehead atoms. The number of benzene rings is 5. The van der Waals surface area contributed by atoms with Crippen molar-refractivity contribution in [2.45, 2.75) is 208 Å². The van der Waals surface area contributed by atoms with Crippen molar-refractivity contribution >= 4 is 28.9 Å². The number of Topliss-reactive ketones (excluding diaryl/α,β-unsaturated/α-hetero) is 5. The van der Waals surface area contributed by atoms with Crippen LogP contribution in [0.2, 0.25) is 0 Å². The van der Waals surface area contributed by atoms with Crippen molar-refractivity contribution in [1.82, 2.24) is 24.5 Å². The van der Waals surface area contributed by atoms with Gasteiger partial charge in [0.2, 0.25) is 0 Å². The highest BCUT2D eigenvalue weighted by atomic mass is 16.5. The average molecular weight is 1660 g/mol. The summed E-state index contributed by atoms with van der Waals surface area (Å²) in [6.07, 6.45) is -30.1. The minimum atomic E-state index is -4.04. The first-order chi connectivity index (χ1) is 72.8. The maximum Gasteiger partial charge on any atom is 0.161 e. The van der Waals surface area contributed by atoms with E-state index in [2.05, 4.69) is 0 Å². The molecule has 0 aliphatic carbocycles. The Morgan fingerprint density at radius 2 is 0.709 bits per heavy atom. The number of carbonyl (C=O) groups is 5. The molecule has 10 aliphatic heterocycles. The average Bonchev–Trinajstić information content (AvgIpc) is 0.673. The van der Waals surface area contributed by atoms with Crippen LogP contribution < -0.4 is 47.4 Å². The van der Waals surface area contributed by atoms with Gasteiger partial charge < -0.3 is 47.4 Å². The highest BCUT2D eigenvalue weighted by molar-refractivity contribution is 5.86. The number of aryl methyl sites for hydroxylation is 3. The summed E-state index contributed by atoms with van der Waals surface area (Å²) >= 11 is 0. The zero-order valence-electron chi connectivity index (χ0n) is 114. The normalized spacial score (nSPS) is 39.9. The van der Waals surface area contributed by atoms with Crippen LogP contribution in [0.25, 0.3) is 0 Å². The van der Waals surface area contributed by atoms with Crippen LogP contribution in [-0.2, 0) is 55.9 Å². The highest BCUT2D eigenvalue weighted by Gasteiger charge is 2.45. The lowest BCUT2D eigenvalue weighted by atomic mass is 9.79. The van der Waals surface area contributed by atoms with Gasteiger partial charge in [-0.1, -0.05) is 81.8 Å². The molecule has 5 aromatic carbocycles. The Morgan fingerprint density at radius 1 is 0.385 bits per heavy atom. The Hall–Kier alpha value is -7.75. The van der Waals surface area contributed by atoms with E-state index >= 15 is 0 Å². The second-order valence-electron chi connectivity index (χ2n) is 30.0. The van der Waals surface area contributed by atoms with Gasteiger partial charge in [0.25, 0.3) is 0 Å². The Morgan fingerprint density at radius 3 is 1.10 bits per heavy atom. The van der Waals surface area contributed by atoms with Crippen LogP contribution >= 0.6 is 0 Å². The van der Waals surface area contributed by atoms with Gasteiger partial charge in [-0.2, -0.15) is 0 Å². The van der Waals surface area contributed by atoms with Crippen molar-refractivity contribution in [2.75, 3.05) is 136 Å². The third-order valence-corrected chi connectivity index (χ3v) is 21.0. The molecule has 0 saturated carbocycles. The van der Waals surface area contributed by atoms with E-state index in [9.17, 15) is 24.0 Å². The first kappa shape index (κ1) is 48.0. The van der Waals surface area contributed by atoms with Gasteiger partial charge in [-0.25, -0.2) is 0 Å². The van der Waals surface area contributed by atoms with Crippen LogP contribution in [0, 0.1) is 59.1 Å². The molecule has 10 aliphatic rings. The second-order valence-corrected chi connectivity index (χ2v) is 30.0. The standard InChI is InChI=1S/2C20H29NO3.3C19H27NO3/c2*1-5-13(2)8-15-12-21-7-6-14-9-19(23-3)20(24-4)10-16(14)17(21)11-18(15)22;3*1-12(2)7-14-11-20-6-5-13-8-18(22-3)19(23-4)9-15(13)16(20)10-17(14)21/h2*9-10,13,15,17H,5-8,11-12H2,1-4H3;3*8-9,12,14,16H,5-7,10-11H2,1-4H3/i2D3,5D2,8D2,11D2,12D2,13D,15D;2D3,5D2,6D2,7D2,8D2,13D,17D;5D2,6D2,10D2,14D,16D;10D2,11D2,14D;5D2,6D2,16D. The van der Waals surface area contributed by atoms with Crippen molar-refractivity contribution in [3.8, 4) is 57.5 Å². The number of rotatable bonds is 22. The maximum absolute atomic E-state index is 13.8. The summed E-state index contributed by atoms with van der Waals surface area (Å²) in [5.74, 6) is -20.7. The zero-order chi connectivity index (χ0) is 123. The summed E-state index contributed by atoms with van der Waals surface area (Å²) in [7, 11) is 13.8.